The van der Waals surface area contributed by atoms with Gasteiger partial charge in [-0.05, 0) is 35.7 Å². The largest absolute Gasteiger partial charge is 0.497 e. The first kappa shape index (κ1) is 20.0. The molecule has 26 heavy (non-hydrogen) atoms. The van der Waals surface area contributed by atoms with Crippen molar-refractivity contribution in [3.8, 4) is 5.75 Å². The van der Waals surface area contributed by atoms with Crippen molar-refractivity contribution in [3.05, 3.63) is 58.9 Å². The molecule has 6 heteroatoms. The molecule has 0 saturated carbocycles. The number of ether oxygens (including phenoxy) is 1. The predicted octanol–water partition coefficient (Wildman–Crippen LogP) is 3.43. The molecule has 140 valence electrons. The van der Waals surface area contributed by atoms with E-state index in [0.29, 0.717) is 5.15 Å². The highest BCUT2D eigenvalue weighted by molar-refractivity contribution is 6.29. The average Bonchev–Trinajstić information content (AvgIpc) is 2.66. The molecule has 0 aliphatic rings. The van der Waals surface area contributed by atoms with Crippen LogP contribution >= 0.6 is 11.6 Å². The fourth-order valence-corrected chi connectivity index (χ4v) is 2.66. The van der Waals surface area contributed by atoms with Crippen LogP contribution in [0.2, 0.25) is 5.15 Å². The Kier molecular flexibility index (Phi) is 7.27. The Hall–Kier alpha value is -2.27. The summed E-state index contributed by atoms with van der Waals surface area (Å²) < 4.78 is 5.33. The molecule has 2 rings (SSSR count). The van der Waals surface area contributed by atoms with Gasteiger partial charge in [0.1, 0.15) is 10.9 Å². The van der Waals surface area contributed by atoms with Crippen molar-refractivity contribution in [2.45, 2.75) is 25.7 Å². The molecule has 0 unspecified atom stereocenters. The van der Waals surface area contributed by atoms with E-state index in [1.165, 1.54) is 5.56 Å². The Morgan fingerprint density at radius 2 is 2.04 bits per heavy atom. The van der Waals surface area contributed by atoms with Gasteiger partial charge in [-0.2, -0.15) is 0 Å². The van der Waals surface area contributed by atoms with E-state index in [2.05, 4.69) is 46.6 Å². The number of hydrogen-bond acceptors (Lipinski definition) is 3. The summed E-state index contributed by atoms with van der Waals surface area (Å²) in [6, 6.07) is 12.0. The monoisotopic (exact) mass is 374 g/mol. The van der Waals surface area contributed by atoms with E-state index >= 15 is 0 Å². The number of rotatable bonds is 7. The Morgan fingerprint density at radius 1 is 1.23 bits per heavy atom. The smallest absolute Gasteiger partial charge is 0.191 e. The summed E-state index contributed by atoms with van der Waals surface area (Å²) in [5.74, 6) is 1.65. The first-order chi connectivity index (χ1) is 12.4. The summed E-state index contributed by atoms with van der Waals surface area (Å²) in [7, 11) is 3.46. The topological polar surface area (TPSA) is 58.5 Å². The van der Waals surface area contributed by atoms with Gasteiger partial charge >= 0.3 is 0 Å². The molecule has 1 aromatic carbocycles. The van der Waals surface area contributed by atoms with E-state index in [1.54, 1.807) is 26.4 Å². The molecule has 0 amide bonds. The number of hydrogen-bond donors (Lipinski definition) is 2. The Bertz CT molecular complexity index is 729. The summed E-state index contributed by atoms with van der Waals surface area (Å²) >= 11 is 5.81. The lowest BCUT2D eigenvalue weighted by molar-refractivity contribution is 0.411. The van der Waals surface area contributed by atoms with Crippen LogP contribution in [0.1, 0.15) is 25.0 Å². The van der Waals surface area contributed by atoms with Crippen molar-refractivity contribution < 1.29 is 4.74 Å². The van der Waals surface area contributed by atoms with Crippen molar-refractivity contribution in [2.24, 2.45) is 4.99 Å². The Balaban J connectivity index is 1.86. The highest BCUT2D eigenvalue weighted by Crippen LogP contribution is 2.25. The van der Waals surface area contributed by atoms with E-state index in [1.807, 2.05) is 18.2 Å². The van der Waals surface area contributed by atoms with E-state index < -0.39 is 0 Å². The van der Waals surface area contributed by atoms with E-state index in [9.17, 15) is 0 Å². The van der Waals surface area contributed by atoms with Gasteiger partial charge in [-0.25, -0.2) is 4.98 Å². The molecular formula is C20H27ClN4O. The number of nitrogens with zero attached hydrogens (tertiary/aromatic N) is 2. The third-order valence-corrected chi connectivity index (χ3v) is 4.49. The van der Waals surface area contributed by atoms with Crippen LogP contribution in [0, 0.1) is 0 Å². The van der Waals surface area contributed by atoms with Crippen molar-refractivity contribution >= 4 is 17.6 Å². The van der Waals surface area contributed by atoms with Crippen LogP contribution in [0.5, 0.6) is 5.75 Å². The summed E-state index contributed by atoms with van der Waals surface area (Å²) in [6.45, 7) is 5.91. The van der Waals surface area contributed by atoms with Crippen LogP contribution in [-0.4, -0.2) is 38.2 Å². The SMILES string of the molecule is CN=C(NCCc1ccc(Cl)nc1)NCC(C)(C)c1cccc(OC)c1. The van der Waals surface area contributed by atoms with E-state index in [4.69, 9.17) is 16.3 Å². The average molecular weight is 375 g/mol. The second-order valence-electron chi connectivity index (χ2n) is 6.71. The molecule has 1 heterocycles. The van der Waals surface area contributed by atoms with Crippen molar-refractivity contribution in [3.63, 3.8) is 0 Å². The second-order valence-corrected chi connectivity index (χ2v) is 7.09. The number of benzene rings is 1. The molecule has 0 saturated heterocycles. The molecular weight excluding hydrogens is 348 g/mol. The normalized spacial score (nSPS) is 12.0. The number of nitrogens with one attached hydrogen (secondary N) is 2. The molecule has 0 bridgehead atoms. The molecule has 2 aromatic rings. The van der Waals surface area contributed by atoms with Crippen molar-refractivity contribution in [2.75, 3.05) is 27.2 Å². The van der Waals surface area contributed by atoms with Crippen LogP contribution in [-0.2, 0) is 11.8 Å². The molecule has 1 aromatic heterocycles. The highest BCUT2D eigenvalue weighted by atomic mass is 35.5. The number of halogens is 1. The molecule has 0 aliphatic heterocycles. The summed E-state index contributed by atoms with van der Waals surface area (Å²) in [6.07, 6.45) is 2.65. The third kappa shape index (κ3) is 5.92. The summed E-state index contributed by atoms with van der Waals surface area (Å²) in [4.78, 5) is 8.39. The fourth-order valence-electron chi connectivity index (χ4n) is 2.55. The second kappa shape index (κ2) is 9.43. The molecule has 0 spiro atoms. The van der Waals surface area contributed by atoms with Crippen molar-refractivity contribution in [1.29, 1.82) is 0 Å². The quantitative estimate of drug-likeness (QED) is 0.443. The number of pyridine rings is 1. The maximum Gasteiger partial charge on any atom is 0.191 e. The first-order valence-corrected chi connectivity index (χ1v) is 9.02. The zero-order valence-corrected chi connectivity index (χ0v) is 16.6. The highest BCUT2D eigenvalue weighted by Gasteiger charge is 2.21. The summed E-state index contributed by atoms with van der Waals surface area (Å²) in [5, 5.41) is 7.25. The fraction of sp³-hybridized carbons (Fsp3) is 0.400. The number of methoxy groups -OCH3 is 1. The molecule has 0 radical (unpaired) electrons. The minimum absolute atomic E-state index is 0.0632. The molecule has 5 nitrogen and oxygen atoms in total. The lowest BCUT2D eigenvalue weighted by Gasteiger charge is -2.27. The first-order valence-electron chi connectivity index (χ1n) is 8.64. The predicted molar refractivity (Wildman–Crippen MR) is 108 cm³/mol. The zero-order chi connectivity index (χ0) is 19.0. The zero-order valence-electron chi connectivity index (χ0n) is 15.8. The van der Waals surface area contributed by atoms with Gasteiger partial charge in [0, 0.05) is 31.7 Å². The lowest BCUT2D eigenvalue weighted by atomic mass is 9.84. The van der Waals surface area contributed by atoms with Gasteiger partial charge in [0.25, 0.3) is 0 Å². The van der Waals surface area contributed by atoms with Crippen LogP contribution < -0.4 is 15.4 Å². The van der Waals surface area contributed by atoms with Gasteiger partial charge in [-0.15, -0.1) is 0 Å². The van der Waals surface area contributed by atoms with Gasteiger partial charge in [0.05, 0.1) is 7.11 Å². The summed E-state index contributed by atoms with van der Waals surface area (Å²) in [5.41, 5.74) is 2.29. The van der Waals surface area contributed by atoms with Gasteiger partial charge in [0.2, 0.25) is 0 Å². The van der Waals surface area contributed by atoms with Gasteiger partial charge in [-0.1, -0.05) is 43.6 Å². The van der Waals surface area contributed by atoms with Crippen LogP contribution in [0.15, 0.2) is 47.6 Å². The maximum absolute atomic E-state index is 5.81. The Morgan fingerprint density at radius 3 is 2.69 bits per heavy atom. The van der Waals surface area contributed by atoms with Gasteiger partial charge in [0.15, 0.2) is 5.96 Å². The molecule has 0 atom stereocenters. The standard InChI is InChI=1S/C20H27ClN4O/c1-20(2,16-6-5-7-17(12-16)26-4)14-25-19(22-3)23-11-10-15-8-9-18(21)24-13-15/h5-9,12-13H,10-11,14H2,1-4H3,(H2,22,23,25). The number of aliphatic imine (C=N–C) groups is 1. The number of aromatic nitrogens is 1. The Labute approximate surface area is 160 Å². The van der Waals surface area contributed by atoms with Gasteiger partial charge < -0.3 is 15.4 Å². The minimum atomic E-state index is -0.0632. The van der Waals surface area contributed by atoms with Crippen molar-refractivity contribution in [1.82, 2.24) is 15.6 Å². The maximum atomic E-state index is 5.81. The van der Waals surface area contributed by atoms with E-state index in [0.717, 1.165) is 36.8 Å². The molecule has 2 N–H and O–H groups in total. The molecule has 0 aliphatic carbocycles. The van der Waals surface area contributed by atoms with Crippen LogP contribution in [0.25, 0.3) is 0 Å². The minimum Gasteiger partial charge on any atom is -0.497 e. The van der Waals surface area contributed by atoms with Crippen LogP contribution in [0.3, 0.4) is 0 Å². The lowest BCUT2D eigenvalue weighted by Crippen LogP contribution is -2.44. The number of guanidine groups is 1. The third-order valence-electron chi connectivity index (χ3n) is 4.27. The van der Waals surface area contributed by atoms with Crippen LogP contribution in [0.4, 0.5) is 0 Å². The molecule has 0 fully saturated rings. The van der Waals surface area contributed by atoms with E-state index in [-0.39, 0.29) is 5.41 Å². The van der Waals surface area contributed by atoms with Gasteiger partial charge in [-0.3, -0.25) is 4.99 Å².